The van der Waals surface area contributed by atoms with Crippen LogP contribution in [0.4, 0.5) is 5.82 Å². The molecule has 0 atom stereocenters. The topological polar surface area (TPSA) is 75.6 Å². The zero-order valence-corrected chi connectivity index (χ0v) is 13.1. The Morgan fingerprint density at radius 3 is 2.57 bits per heavy atom. The lowest BCUT2D eigenvalue weighted by molar-refractivity contribution is 0.826. The van der Waals surface area contributed by atoms with Gasteiger partial charge < -0.3 is 5.73 Å². The van der Waals surface area contributed by atoms with Gasteiger partial charge in [0.1, 0.15) is 17.5 Å². The first-order valence-corrected chi connectivity index (χ1v) is 7.87. The number of nitrogen functional groups attached to an aromatic ring is 1. The summed E-state index contributed by atoms with van der Waals surface area (Å²) < 4.78 is 0. The lowest BCUT2D eigenvalue weighted by Crippen LogP contribution is -2.05. The van der Waals surface area contributed by atoms with Gasteiger partial charge in [0.25, 0.3) is 0 Å². The van der Waals surface area contributed by atoms with Gasteiger partial charge in [0.2, 0.25) is 0 Å². The van der Waals surface area contributed by atoms with Crippen LogP contribution in [0.3, 0.4) is 0 Å². The Labute approximate surface area is 129 Å². The molecule has 0 saturated carbocycles. The second-order valence-electron chi connectivity index (χ2n) is 4.85. The molecule has 1 heterocycles. The van der Waals surface area contributed by atoms with Crippen LogP contribution >= 0.6 is 11.8 Å². The van der Waals surface area contributed by atoms with Crippen molar-refractivity contribution in [3.63, 3.8) is 0 Å². The highest BCUT2D eigenvalue weighted by Gasteiger charge is 2.12. The highest BCUT2D eigenvalue weighted by atomic mass is 32.2. The molecule has 0 aliphatic heterocycles. The maximum atomic E-state index is 9.13. The molecule has 0 radical (unpaired) electrons. The Hall–Kier alpha value is -2.06. The molecule has 0 unspecified atom stereocenters. The van der Waals surface area contributed by atoms with Crippen LogP contribution in [0.5, 0.6) is 0 Å². The molecule has 1 aromatic carbocycles. The molecule has 2 N–H and O–H groups in total. The first kappa shape index (κ1) is 15.3. The molecule has 1 aromatic heterocycles. The minimum atomic E-state index is 0.280. The van der Waals surface area contributed by atoms with Gasteiger partial charge in [0, 0.05) is 5.75 Å². The number of hydrogen-bond donors (Lipinski definition) is 1. The summed E-state index contributed by atoms with van der Waals surface area (Å²) in [4.78, 5) is 8.70. The van der Waals surface area contributed by atoms with Gasteiger partial charge in [-0.25, -0.2) is 9.97 Å². The van der Waals surface area contributed by atoms with Crippen molar-refractivity contribution in [2.24, 2.45) is 0 Å². The van der Waals surface area contributed by atoms with Crippen molar-refractivity contribution in [2.75, 3.05) is 5.73 Å². The number of anilines is 1. The second-order valence-corrected chi connectivity index (χ2v) is 5.79. The smallest absolute Gasteiger partial charge is 0.190 e. The molecule has 21 heavy (non-hydrogen) atoms. The number of rotatable bonds is 5. The Morgan fingerprint density at radius 2 is 1.95 bits per heavy atom. The number of nitrogens with two attached hydrogens (primary N) is 1. The third-order valence-electron chi connectivity index (χ3n) is 3.08. The minimum absolute atomic E-state index is 0.280. The fourth-order valence-electron chi connectivity index (χ4n) is 1.94. The van der Waals surface area contributed by atoms with E-state index in [4.69, 9.17) is 11.0 Å². The highest BCUT2D eigenvalue weighted by Crippen LogP contribution is 2.23. The fraction of sp³-hybridized carbons (Fsp3) is 0.312. The summed E-state index contributed by atoms with van der Waals surface area (Å²) in [6.07, 6.45) is 1.67. The summed E-state index contributed by atoms with van der Waals surface area (Å²) in [6.45, 7) is 4.12. The molecule has 5 heteroatoms. The van der Waals surface area contributed by atoms with E-state index in [2.05, 4.69) is 54.2 Å². The molecule has 0 amide bonds. The van der Waals surface area contributed by atoms with Crippen LogP contribution in [-0.2, 0) is 12.2 Å². The quantitative estimate of drug-likeness (QED) is 0.675. The second kappa shape index (κ2) is 7.09. The summed E-state index contributed by atoms with van der Waals surface area (Å²) >= 11 is 1.54. The largest absolute Gasteiger partial charge is 0.382 e. The van der Waals surface area contributed by atoms with E-state index < -0.39 is 0 Å². The van der Waals surface area contributed by atoms with E-state index >= 15 is 0 Å². The van der Waals surface area contributed by atoms with Crippen molar-refractivity contribution in [1.82, 2.24) is 9.97 Å². The van der Waals surface area contributed by atoms with Crippen LogP contribution in [0.2, 0.25) is 0 Å². The van der Waals surface area contributed by atoms with Gasteiger partial charge in [-0.3, -0.25) is 0 Å². The Morgan fingerprint density at radius 1 is 1.24 bits per heavy atom. The third kappa shape index (κ3) is 3.96. The van der Waals surface area contributed by atoms with E-state index in [1.807, 2.05) is 0 Å². The molecule has 0 spiro atoms. The van der Waals surface area contributed by atoms with E-state index in [1.165, 1.54) is 11.1 Å². The van der Waals surface area contributed by atoms with Gasteiger partial charge in [-0.1, -0.05) is 54.9 Å². The van der Waals surface area contributed by atoms with Crippen LogP contribution in [0.1, 0.15) is 35.7 Å². The number of nitrogens with zero attached hydrogens (tertiary/aromatic N) is 3. The van der Waals surface area contributed by atoms with Crippen molar-refractivity contribution < 1.29 is 0 Å². The maximum absolute atomic E-state index is 9.13. The molecule has 2 aromatic rings. The van der Waals surface area contributed by atoms with E-state index in [0.717, 1.165) is 24.3 Å². The average Bonchev–Trinajstić information content (AvgIpc) is 2.47. The Balaban J connectivity index is 2.16. The van der Waals surface area contributed by atoms with Crippen LogP contribution in [0.25, 0.3) is 0 Å². The van der Waals surface area contributed by atoms with Crippen LogP contribution in [0.15, 0.2) is 29.4 Å². The monoisotopic (exact) mass is 298 g/mol. The number of benzene rings is 1. The lowest BCUT2D eigenvalue weighted by atomic mass is 10.1. The van der Waals surface area contributed by atoms with Crippen molar-refractivity contribution in [3.8, 4) is 6.07 Å². The van der Waals surface area contributed by atoms with Crippen LogP contribution in [-0.4, -0.2) is 9.97 Å². The van der Waals surface area contributed by atoms with Gasteiger partial charge >= 0.3 is 0 Å². The number of aromatic nitrogens is 2. The summed E-state index contributed by atoms with van der Waals surface area (Å²) in [5, 5.41) is 9.77. The summed E-state index contributed by atoms with van der Waals surface area (Å²) in [7, 11) is 0. The molecular formula is C16H18N4S. The van der Waals surface area contributed by atoms with E-state index in [0.29, 0.717) is 10.7 Å². The molecule has 2 rings (SSSR count). The molecule has 0 saturated heterocycles. The lowest BCUT2D eigenvalue weighted by Gasteiger charge is -2.07. The summed E-state index contributed by atoms with van der Waals surface area (Å²) in [5.74, 6) is 1.07. The number of aryl methyl sites for hydroxylation is 2. The zero-order chi connectivity index (χ0) is 15.2. The van der Waals surface area contributed by atoms with Crippen LogP contribution < -0.4 is 5.73 Å². The van der Waals surface area contributed by atoms with Crippen molar-refractivity contribution in [3.05, 3.63) is 46.6 Å². The third-order valence-corrected chi connectivity index (χ3v) is 4.00. The van der Waals surface area contributed by atoms with E-state index in [-0.39, 0.29) is 5.82 Å². The zero-order valence-electron chi connectivity index (χ0n) is 12.3. The molecular weight excluding hydrogens is 280 g/mol. The summed E-state index contributed by atoms with van der Waals surface area (Å²) in [5.41, 5.74) is 9.49. The van der Waals surface area contributed by atoms with Gasteiger partial charge in [-0.05, 0) is 18.9 Å². The number of hydrogen-bond acceptors (Lipinski definition) is 5. The normalized spacial score (nSPS) is 10.3. The van der Waals surface area contributed by atoms with Gasteiger partial charge in [-0.15, -0.1) is 0 Å². The molecule has 0 fully saturated rings. The maximum Gasteiger partial charge on any atom is 0.190 e. The van der Waals surface area contributed by atoms with Gasteiger partial charge in [0.15, 0.2) is 5.16 Å². The van der Waals surface area contributed by atoms with Gasteiger partial charge in [0.05, 0.1) is 5.69 Å². The van der Waals surface area contributed by atoms with Crippen molar-refractivity contribution in [2.45, 2.75) is 37.6 Å². The first-order chi connectivity index (χ1) is 10.1. The van der Waals surface area contributed by atoms with Crippen molar-refractivity contribution >= 4 is 17.6 Å². The highest BCUT2D eigenvalue weighted by molar-refractivity contribution is 7.98. The van der Waals surface area contributed by atoms with Gasteiger partial charge in [-0.2, -0.15) is 5.26 Å². The molecule has 108 valence electrons. The summed E-state index contributed by atoms with van der Waals surface area (Å²) in [6, 6.07) is 10.5. The Kier molecular flexibility index (Phi) is 5.18. The van der Waals surface area contributed by atoms with Crippen molar-refractivity contribution in [1.29, 1.82) is 5.26 Å². The Bertz CT molecular complexity index is 659. The predicted molar refractivity (Wildman–Crippen MR) is 85.9 cm³/mol. The number of thioether (sulfide) groups is 1. The SMILES string of the molecule is CCCc1nc(SCc2ccc(C)cc2)nc(N)c1C#N. The predicted octanol–water partition coefficient (Wildman–Crippen LogP) is 3.48. The van der Waals surface area contributed by atoms with Crippen LogP contribution in [0, 0.1) is 18.3 Å². The first-order valence-electron chi connectivity index (χ1n) is 6.89. The van der Waals surface area contributed by atoms with E-state index in [1.54, 1.807) is 11.8 Å². The molecule has 0 aliphatic carbocycles. The number of nitriles is 1. The molecule has 0 aliphatic rings. The molecule has 4 nitrogen and oxygen atoms in total. The minimum Gasteiger partial charge on any atom is -0.382 e. The van der Waals surface area contributed by atoms with E-state index in [9.17, 15) is 0 Å². The standard InChI is InChI=1S/C16H18N4S/c1-3-4-14-13(9-17)15(18)20-16(19-14)21-10-12-7-5-11(2)6-8-12/h5-8H,3-4,10H2,1-2H3,(H2,18,19,20). The molecule has 0 bridgehead atoms. The fourth-order valence-corrected chi connectivity index (χ4v) is 2.77. The average molecular weight is 298 g/mol.